The highest BCUT2D eigenvalue weighted by atomic mass is 15.3. The first-order valence-electron chi connectivity index (χ1n) is 5.42. The SMILES string of the molecule is C=CCn1ccnc1N1CCC(CN)C1. The summed E-state index contributed by atoms with van der Waals surface area (Å²) in [7, 11) is 0. The average Bonchev–Trinajstić information content (AvgIpc) is 2.85. The van der Waals surface area contributed by atoms with E-state index in [-0.39, 0.29) is 0 Å². The van der Waals surface area contributed by atoms with Crippen LogP contribution >= 0.6 is 0 Å². The Bertz CT molecular complexity index is 331. The third kappa shape index (κ3) is 2.04. The lowest BCUT2D eigenvalue weighted by Gasteiger charge is -2.18. The number of nitrogens with two attached hydrogens (primary N) is 1. The fraction of sp³-hybridized carbons (Fsp3) is 0.545. The molecule has 0 amide bonds. The van der Waals surface area contributed by atoms with Gasteiger partial charge in [0.05, 0.1) is 0 Å². The van der Waals surface area contributed by atoms with Gasteiger partial charge in [0.25, 0.3) is 0 Å². The van der Waals surface area contributed by atoms with Gasteiger partial charge >= 0.3 is 0 Å². The lowest BCUT2D eigenvalue weighted by atomic mass is 10.1. The number of anilines is 1. The largest absolute Gasteiger partial charge is 0.342 e. The summed E-state index contributed by atoms with van der Waals surface area (Å²) >= 11 is 0. The number of nitrogens with zero attached hydrogens (tertiary/aromatic N) is 3. The number of aromatic nitrogens is 2. The third-order valence-corrected chi connectivity index (χ3v) is 2.92. The van der Waals surface area contributed by atoms with E-state index in [0.717, 1.165) is 32.1 Å². The summed E-state index contributed by atoms with van der Waals surface area (Å²) in [6.45, 7) is 7.44. The minimum atomic E-state index is 0.624. The van der Waals surface area contributed by atoms with Gasteiger partial charge in [-0.05, 0) is 18.9 Å². The van der Waals surface area contributed by atoms with E-state index in [2.05, 4.69) is 21.0 Å². The van der Waals surface area contributed by atoms with E-state index in [1.807, 2.05) is 18.5 Å². The minimum absolute atomic E-state index is 0.624. The summed E-state index contributed by atoms with van der Waals surface area (Å²) in [4.78, 5) is 6.69. The first-order valence-corrected chi connectivity index (χ1v) is 5.42. The Kier molecular flexibility index (Phi) is 3.06. The fourth-order valence-corrected chi connectivity index (χ4v) is 2.07. The molecule has 1 saturated heterocycles. The molecule has 2 rings (SSSR count). The molecule has 2 heterocycles. The molecule has 0 aliphatic carbocycles. The molecule has 1 unspecified atom stereocenters. The molecule has 0 aromatic carbocycles. The third-order valence-electron chi connectivity index (χ3n) is 2.92. The van der Waals surface area contributed by atoms with Crippen LogP contribution in [0.2, 0.25) is 0 Å². The molecular formula is C11H18N4. The second kappa shape index (κ2) is 4.49. The second-order valence-electron chi connectivity index (χ2n) is 4.00. The maximum absolute atomic E-state index is 5.68. The van der Waals surface area contributed by atoms with Gasteiger partial charge in [-0.25, -0.2) is 4.98 Å². The van der Waals surface area contributed by atoms with Gasteiger partial charge in [0, 0.05) is 32.0 Å². The van der Waals surface area contributed by atoms with Crippen molar-refractivity contribution in [1.29, 1.82) is 0 Å². The van der Waals surface area contributed by atoms with Gasteiger partial charge in [0.2, 0.25) is 5.95 Å². The summed E-state index contributed by atoms with van der Waals surface area (Å²) in [5.41, 5.74) is 5.68. The van der Waals surface area contributed by atoms with Crippen LogP contribution in [0.15, 0.2) is 25.0 Å². The Morgan fingerprint density at radius 3 is 3.20 bits per heavy atom. The van der Waals surface area contributed by atoms with E-state index in [9.17, 15) is 0 Å². The molecule has 2 N–H and O–H groups in total. The Balaban J connectivity index is 2.09. The van der Waals surface area contributed by atoms with Gasteiger partial charge in [0.1, 0.15) is 0 Å². The number of allylic oxidation sites excluding steroid dienone is 1. The Hall–Kier alpha value is -1.29. The number of imidazole rings is 1. The predicted octanol–water partition coefficient (Wildman–Crippen LogP) is 0.854. The van der Waals surface area contributed by atoms with Crippen molar-refractivity contribution in [3.8, 4) is 0 Å². The van der Waals surface area contributed by atoms with Gasteiger partial charge < -0.3 is 15.2 Å². The van der Waals surface area contributed by atoms with Gasteiger partial charge in [-0.2, -0.15) is 0 Å². The molecule has 1 aliphatic heterocycles. The standard InChI is InChI=1S/C11H18N4/c1-2-5-14-7-4-13-11(14)15-6-3-10(8-12)9-15/h2,4,7,10H,1,3,5-6,8-9,12H2. The maximum atomic E-state index is 5.68. The zero-order valence-corrected chi connectivity index (χ0v) is 8.97. The average molecular weight is 206 g/mol. The zero-order chi connectivity index (χ0) is 10.7. The highest BCUT2D eigenvalue weighted by Crippen LogP contribution is 2.21. The lowest BCUT2D eigenvalue weighted by molar-refractivity contribution is 0.600. The van der Waals surface area contributed by atoms with Crippen molar-refractivity contribution >= 4 is 5.95 Å². The van der Waals surface area contributed by atoms with Crippen LogP contribution in [0.4, 0.5) is 5.95 Å². The first-order chi connectivity index (χ1) is 7.35. The minimum Gasteiger partial charge on any atom is -0.342 e. The van der Waals surface area contributed by atoms with Gasteiger partial charge in [0.15, 0.2) is 0 Å². The molecule has 0 saturated carbocycles. The topological polar surface area (TPSA) is 47.1 Å². The lowest BCUT2D eigenvalue weighted by Crippen LogP contribution is -2.25. The van der Waals surface area contributed by atoms with Crippen LogP contribution in [-0.4, -0.2) is 29.2 Å². The molecule has 1 aromatic rings. The maximum Gasteiger partial charge on any atom is 0.205 e. The molecule has 0 spiro atoms. The van der Waals surface area contributed by atoms with Crippen molar-refractivity contribution in [3.63, 3.8) is 0 Å². The molecule has 0 radical (unpaired) electrons. The van der Waals surface area contributed by atoms with E-state index in [1.54, 1.807) is 0 Å². The Morgan fingerprint density at radius 2 is 2.53 bits per heavy atom. The Labute approximate surface area is 90.4 Å². The van der Waals surface area contributed by atoms with Gasteiger partial charge in [-0.15, -0.1) is 6.58 Å². The smallest absolute Gasteiger partial charge is 0.205 e. The predicted molar refractivity (Wildman–Crippen MR) is 61.8 cm³/mol. The molecule has 1 aliphatic rings. The van der Waals surface area contributed by atoms with E-state index < -0.39 is 0 Å². The molecule has 82 valence electrons. The van der Waals surface area contributed by atoms with Crippen molar-refractivity contribution < 1.29 is 0 Å². The second-order valence-corrected chi connectivity index (χ2v) is 4.00. The van der Waals surface area contributed by atoms with E-state index >= 15 is 0 Å². The Morgan fingerprint density at radius 1 is 1.67 bits per heavy atom. The first kappa shape index (κ1) is 10.2. The van der Waals surface area contributed by atoms with Crippen molar-refractivity contribution in [1.82, 2.24) is 9.55 Å². The molecule has 4 nitrogen and oxygen atoms in total. The summed E-state index contributed by atoms with van der Waals surface area (Å²) < 4.78 is 2.12. The molecule has 1 fully saturated rings. The van der Waals surface area contributed by atoms with E-state index in [1.165, 1.54) is 6.42 Å². The van der Waals surface area contributed by atoms with Crippen LogP contribution in [0, 0.1) is 5.92 Å². The van der Waals surface area contributed by atoms with Crippen molar-refractivity contribution in [2.24, 2.45) is 11.7 Å². The molecular weight excluding hydrogens is 188 g/mol. The fourth-order valence-electron chi connectivity index (χ4n) is 2.07. The quantitative estimate of drug-likeness (QED) is 0.743. The van der Waals surface area contributed by atoms with Gasteiger partial charge in [-0.1, -0.05) is 6.08 Å². The van der Waals surface area contributed by atoms with Crippen molar-refractivity contribution in [2.45, 2.75) is 13.0 Å². The highest BCUT2D eigenvalue weighted by molar-refractivity contribution is 5.33. The molecule has 1 atom stereocenters. The van der Waals surface area contributed by atoms with Crippen LogP contribution in [0.25, 0.3) is 0 Å². The van der Waals surface area contributed by atoms with Crippen LogP contribution in [0.3, 0.4) is 0 Å². The van der Waals surface area contributed by atoms with Crippen LogP contribution < -0.4 is 10.6 Å². The van der Waals surface area contributed by atoms with Crippen molar-refractivity contribution in [3.05, 3.63) is 25.0 Å². The van der Waals surface area contributed by atoms with Crippen LogP contribution in [0.5, 0.6) is 0 Å². The van der Waals surface area contributed by atoms with Crippen LogP contribution in [0.1, 0.15) is 6.42 Å². The zero-order valence-electron chi connectivity index (χ0n) is 8.97. The summed E-state index contributed by atoms with van der Waals surface area (Å²) in [6, 6.07) is 0. The normalized spacial score (nSPS) is 20.9. The van der Waals surface area contributed by atoms with E-state index in [0.29, 0.717) is 5.92 Å². The number of hydrogen-bond acceptors (Lipinski definition) is 3. The molecule has 1 aromatic heterocycles. The number of rotatable bonds is 4. The highest BCUT2D eigenvalue weighted by Gasteiger charge is 2.23. The monoisotopic (exact) mass is 206 g/mol. The number of hydrogen-bond donors (Lipinski definition) is 1. The summed E-state index contributed by atoms with van der Waals surface area (Å²) in [5, 5.41) is 0. The van der Waals surface area contributed by atoms with Crippen molar-refractivity contribution in [2.75, 3.05) is 24.5 Å². The van der Waals surface area contributed by atoms with Gasteiger partial charge in [-0.3, -0.25) is 0 Å². The molecule has 4 heteroatoms. The molecule has 15 heavy (non-hydrogen) atoms. The molecule has 0 bridgehead atoms. The summed E-state index contributed by atoms with van der Waals surface area (Å²) in [5.74, 6) is 1.67. The van der Waals surface area contributed by atoms with E-state index in [4.69, 9.17) is 5.73 Å². The van der Waals surface area contributed by atoms with Crippen LogP contribution in [-0.2, 0) is 6.54 Å². The summed E-state index contributed by atoms with van der Waals surface area (Å²) in [6.07, 6.45) is 6.90.